The highest BCUT2D eigenvalue weighted by Crippen LogP contribution is 2.31. The normalized spacial score (nSPS) is 19.9. The van der Waals surface area contributed by atoms with Crippen molar-refractivity contribution in [2.24, 2.45) is 11.0 Å². The predicted molar refractivity (Wildman–Crippen MR) is 105 cm³/mol. The van der Waals surface area contributed by atoms with Crippen LogP contribution in [0.1, 0.15) is 29.2 Å². The molecular formula is C21H24N4O3. The van der Waals surface area contributed by atoms with Crippen molar-refractivity contribution >= 4 is 5.91 Å². The van der Waals surface area contributed by atoms with E-state index in [0.717, 1.165) is 16.7 Å². The van der Waals surface area contributed by atoms with E-state index >= 15 is 0 Å². The van der Waals surface area contributed by atoms with Gasteiger partial charge in [-0.05, 0) is 35.1 Å². The summed E-state index contributed by atoms with van der Waals surface area (Å²) in [6, 6.07) is 16.8. The second-order valence-corrected chi connectivity index (χ2v) is 7.15. The SMILES string of the molecule is [N-]=[N+]=NC[C@@H](O)C[C@@H](Cc1ccccc1)C(=O)NC1c2ccccc2C[C@H]1O. The molecule has 3 N–H and O–H groups in total. The number of aliphatic hydroxyl groups excluding tert-OH is 2. The summed E-state index contributed by atoms with van der Waals surface area (Å²) in [4.78, 5) is 15.7. The van der Waals surface area contributed by atoms with Crippen LogP contribution in [0.4, 0.5) is 0 Å². The van der Waals surface area contributed by atoms with Crippen LogP contribution in [0.3, 0.4) is 0 Å². The summed E-state index contributed by atoms with van der Waals surface area (Å²) in [6.07, 6.45) is -0.457. The van der Waals surface area contributed by atoms with Gasteiger partial charge in [-0.25, -0.2) is 0 Å². The molecule has 28 heavy (non-hydrogen) atoms. The smallest absolute Gasteiger partial charge is 0.224 e. The van der Waals surface area contributed by atoms with Crippen LogP contribution in [-0.4, -0.2) is 34.9 Å². The quantitative estimate of drug-likeness (QED) is 0.371. The summed E-state index contributed by atoms with van der Waals surface area (Å²) in [5.41, 5.74) is 11.4. The van der Waals surface area contributed by atoms with E-state index in [0.29, 0.717) is 12.8 Å². The first kappa shape index (κ1) is 19.9. The molecule has 1 aliphatic rings. The number of amides is 1. The van der Waals surface area contributed by atoms with Crippen LogP contribution in [0, 0.1) is 5.92 Å². The second kappa shape index (κ2) is 9.37. The maximum Gasteiger partial charge on any atom is 0.224 e. The number of hydrogen-bond donors (Lipinski definition) is 3. The number of carbonyl (C=O) groups is 1. The molecule has 2 aromatic rings. The van der Waals surface area contributed by atoms with E-state index in [2.05, 4.69) is 15.3 Å². The predicted octanol–water partition coefficient (Wildman–Crippen LogP) is 2.68. The third kappa shape index (κ3) is 4.89. The lowest BCUT2D eigenvalue weighted by atomic mass is 9.92. The maximum atomic E-state index is 13.0. The molecule has 0 saturated heterocycles. The standard InChI is InChI=1S/C21H24N4O3/c22-25-23-13-17(26)11-16(10-14-6-2-1-3-7-14)21(28)24-20-18-9-5-4-8-15(18)12-19(20)27/h1-9,16-17,19-20,26-27H,10-13H2,(H,24,28)/t16-,17+,19-,20?/m1/s1. The van der Waals surface area contributed by atoms with Crippen LogP contribution >= 0.6 is 0 Å². The van der Waals surface area contributed by atoms with Crippen LogP contribution < -0.4 is 5.32 Å². The first-order valence-corrected chi connectivity index (χ1v) is 9.37. The summed E-state index contributed by atoms with van der Waals surface area (Å²) in [7, 11) is 0. The number of aliphatic hydroxyl groups is 2. The van der Waals surface area contributed by atoms with Gasteiger partial charge in [0, 0.05) is 17.3 Å². The van der Waals surface area contributed by atoms with Crippen LogP contribution in [0.2, 0.25) is 0 Å². The molecule has 0 aromatic heterocycles. The third-order valence-corrected chi connectivity index (χ3v) is 5.11. The lowest BCUT2D eigenvalue weighted by Crippen LogP contribution is -2.39. The van der Waals surface area contributed by atoms with Gasteiger partial charge in [-0.2, -0.15) is 0 Å². The van der Waals surface area contributed by atoms with Gasteiger partial charge in [-0.15, -0.1) is 0 Å². The monoisotopic (exact) mass is 380 g/mol. The average Bonchev–Trinajstić information content (AvgIpc) is 3.02. The molecule has 1 amide bonds. The minimum Gasteiger partial charge on any atom is -0.393 e. The molecule has 0 spiro atoms. The van der Waals surface area contributed by atoms with Crippen molar-refractivity contribution in [3.63, 3.8) is 0 Å². The van der Waals surface area contributed by atoms with Crippen molar-refractivity contribution in [2.45, 2.75) is 37.5 Å². The molecule has 2 aromatic carbocycles. The minimum absolute atomic E-state index is 0.0794. The van der Waals surface area contributed by atoms with Crippen molar-refractivity contribution in [1.29, 1.82) is 0 Å². The molecule has 4 atom stereocenters. The Labute approximate surface area is 163 Å². The largest absolute Gasteiger partial charge is 0.393 e. The summed E-state index contributed by atoms with van der Waals surface area (Å²) < 4.78 is 0. The van der Waals surface area contributed by atoms with E-state index in [1.807, 2.05) is 54.6 Å². The summed E-state index contributed by atoms with van der Waals surface area (Å²) in [6.45, 7) is -0.0794. The molecule has 0 bridgehead atoms. The van der Waals surface area contributed by atoms with Gasteiger partial charge in [0.2, 0.25) is 5.91 Å². The van der Waals surface area contributed by atoms with Crippen molar-refractivity contribution in [3.8, 4) is 0 Å². The third-order valence-electron chi connectivity index (χ3n) is 5.11. The second-order valence-electron chi connectivity index (χ2n) is 7.15. The minimum atomic E-state index is -0.906. The Kier molecular flexibility index (Phi) is 6.66. The fraction of sp³-hybridized carbons (Fsp3) is 0.381. The van der Waals surface area contributed by atoms with E-state index in [1.54, 1.807) is 0 Å². The van der Waals surface area contributed by atoms with Gasteiger partial charge in [0.25, 0.3) is 0 Å². The van der Waals surface area contributed by atoms with Crippen LogP contribution in [0.5, 0.6) is 0 Å². The molecule has 1 unspecified atom stereocenters. The van der Waals surface area contributed by atoms with Crippen LogP contribution in [-0.2, 0) is 17.6 Å². The van der Waals surface area contributed by atoms with E-state index < -0.39 is 24.2 Å². The van der Waals surface area contributed by atoms with Crippen molar-refractivity contribution < 1.29 is 15.0 Å². The van der Waals surface area contributed by atoms with E-state index in [9.17, 15) is 15.0 Å². The van der Waals surface area contributed by atoms with Gasteiger partial charge in [-0.3, -0.25) is 4.79 Å². The van der Waals surface area contributed by atoms with Gasteiger partial charge in [-0.1, -0.05) is 59.7 Å². The Morgan fingerprint density at radius 1 is 1.21 bits per heavy atom. The fourth-order valence-corrected chi connectivity index (χ4v) is 3.73. The first-order chi connectivity index (χ1) is 13.6. The molecule has 146 valence electrons. The van der Waals surface area contributed by atoms with Crippen molar-refractivity contribution in [2.75, 3.05) is 6.54 Å². The highest BCUT2D eigenvalue weighted by Gasteiger charge is 2.34. The molecule has 0 fully saturated rings. The van der Waals surface area contributed by atoms with Crippen LogP contribution in [0.15, 0.2) is 59.7 Å². The Balaban J connectivity index is 1.74. The van der Waals surface area contributed by atoms with E-state index in [-0.39, 0.29) is 18.9 Å². The number of hydrogen-bond acceptors (Lipinski definition) is 4. The molecule has 0 radical (unpaired) electrons. The molecular weight excluding hydrogens is 356 g/mol. The van der Waals surface area contributed by atoms with E-state index in [4.69, 9.17) is 5.53 Å². The zero-order valence-electron chi connectivity index (χ0n) is 15.5. The lowest BCUT2D eigenvalue weighted by molar-refractivity contribution is -0.127. The fourth-order valence-electron chi connectivity index (χ4n) is 3.73. The van der Waals surface area contributed by atoms with Gasteiger partial charge in [0.15, 0.2) is 0 Å². The average molecular weight is 380 g/mol. The number of nitrogens with one attached hydrogen (secondary N) is 1. The molecule has 0 aliphatic heterocycles. The number of azide groups is 1. The highest BCUT2D eigenvalue weighted by molar-refractivity contribution is 5.79. The number of nitrogens with zero attached hydrogens (tertiary/aromatic N) is 3. The molecule has 1 aliphatic carbocycles. The number of rotatable bonds is 8. The summed E-state index contributed by atoms with van der Waals surface area (Å²) in [5.74, 6) is -0.740. The molecule has 7 heteroatoms. The van der Waals surface area contributed by atoms with Gasteiger partial charge >= 0.3 is 0 Å². The molecule has 3 rings (SSSR count). The zero-order chi connectivity index (χ0) is 19.9. The first-order valence-electron chi connectivity index (χ1n) is 9.37. The lowest BCUT2D eigenvalue weighted by Gasteiger charge is -2.24. The zero-order valence-corrected chi connectivity index (χ0v) is 15.5. The number of benzene rings is 2. The summed E-state index contributed by atoms with van der Waals surface area (Å²) >= 11 is 0. The van der Waals surface area contributed by atoms with Gasteiger partial charge in [0.05, 0.1) is 24.8 Å². The number of carbonyl (C=O) groups excluding carboxylic acids is 1. The van der Waals surface area contributed by atoms with Crippen LogP contribution in [0.25, 0.3) is 10.4 Å². The van der Waals surface area contributed by atoms with E-state index in [1.165, 1.54) is 0 Å². The molecule has 7 nitrogen and oxygen atoms in total. The Hall–Kier alpha value is -2.86. The Bertz CT molecular complexity index is 852. The van der Waals surface area contributed by atoms with Gasteiger partial charge < -0.3 is 15.5 Å². The topological polar surface area (TPSA) is 118 Å². The highest BCUT2D eigenvalue weighted by atomic mass is 16.3. The van der Waals surface area contributed by atoms with Crippen molar-refractivity contribution in [1.82, 2.24) is 5.32 Å². The Morgan fingerprint density at radius 3 is 2.68 bits per heavy atom. The maximum absolute atomic E-state index is 13.0. The van der Waals surface area contributed by atoms with Crippen molar-refractivity contribution in [3.05, 3.63) is 81.7 Å². The van der Waals surface area contributed by atoms with Gasteiger partial charge in [0.1, 0.15) is 0 Å². The summed E-state index contributed by atoms with van der Waals surface area (Å²) in [5, 5.41) is 26.9. The Morgan fingerprint density at radius 2 is 1.93 bits per heavy atom. The number of fused-ring (bicyclic) bond motifs is 1. The molecule has 0 saturated carbocycles. The molecule has 0 heterocycles.